The lowest BCUT2D eigenvalue weighted by Gasteiger charge is -2.13. The average Bonchev–Trinajstić information content (AvgIpc) is 3.15. The van der Waals surface area contributed by atoms with Crippen molar-refractivity contribution in [2.45, 2.75) is 39.2 Å². The summed E-state index contributed by atoms with van der Waals surface area (Å²) in [5, 5.41) is 14.3. The Morgan fingerprint density at radius 2 is 2.16 bits per heavy atom. The molecule has 1 atom stereocenters. The Balaban J connectivity index is 1.63. The number of benzene rings is 1. The molecule has 0 bridgehead atoms. The van der Waals surface area contributed by atoms with Crippen molar-refractivity contribution >= 4 is 17.4 Å². The van der Waals surface area contributed by atoms with Gasteiger partial charge in [-0.05, 0) is 49.4 Å². The maximum atomic E-state index is 12.1. The molecule has 1 aliphatic rings. The van der Waals surface area contributed by atoms with Crippen molar-refractivity contribution in [1.29, 1.82) is 0 Å². The number of carbonyl (C=O) groups is 1. The molecule has 6 heteroatoms. The van der Waals surface area contributed by atoms with Crippen LogP contribution >= 0.6 is 0 Å². The standard InChI is InChI=1S/C19H24N4O2/c1-3-14-7-4-6-13(2)18(14)21-17-10-9-16(22-23-17)19(24)20-12-15-8-5-11-25-15/h4,6-7,9-10,15H,3,5,8,11-12H2,1-2H3,(H,20,24)(H,21,23). The molecule has 6 nitrogen and oxygen atoms in total. The first-order chi connectivity index (χ1) is 12.2. The van der Waals surface area contributed by atoms with Crippen LogP contribution in [0.5, 0.6) is 0 Å². The number of rotatable bonds is 6. The van der Waals surface area contributed by atoms with E-state index < -0.39 is 0 Å². The Hall–Kier alpha value is -2.47. The van der Waals surface area contributed by atoms with Crippen LogP contribution in [-0.2, 0) is 11.2 Å². The molecule has 0 spiro atoms. The molecule has 1 aromatic heterocycles. The number of hydrogen-bond donors (Lipinski definition) is 2. The van der Waals surface area contributed by atoms with Crippen LogP contribution in [-0.4, -0.2) is 35.4 Å². The van der Waals surface area contributed by atoms with E-state index in [2.05, 4.69) is 46.8 Å². The molecule has 0 radical (unpaired) electrons. The highest BCUT2D eigenvalue weighted by Crippen LogP contribution is 2.24. The quantitative estimate of drug-likeness (QED) is 0.845. The lowest BCUT2D eigenvalue weighted by molar-refractivity contribution is 0.0853. The van der Waals surface area contributed by atoms with Crippen molar-refractivity contribution in [3.05, 3.63) is 47.2 Å². The van der Waals surface area contributed by atoms with Gasteiger partial charge in [-0.15, -0.1) is 10.2 Å². The van der Waals surface area contributed by atoms with Crippen LogP contribution in [0.25, 0.3) is 0 Å². The molecule has 1 aromatic carbocycles. The number of para-hydroxylation sites is 1. The summed E-state index contributed by atoms with van der Waals surface area (Å²) < 4.78 is 5.50. The van der Waals surface area contributed by atoms with Crippen LogP contribution in [0.1, 0.15) is 41.4 Å². The first kappa shape index (κ1) is 17.4. The van der Waals surface area contributed by atoms with Crippen molar-refractivity contribution in [3.8, 4) is 0 Å². The minimum atomic E-state index is -0.223. The number of amides is 1. The summed E-state index contributed by atoms with van der Waals surface area (Å²) in [6, 6.07) is 9.66. The molecule has 25 heavy (non-hydrogen) atoms. The summed E-state index contributed by atoms with van der Waals surface area (Å²) in [7, 11) is 0. The Morgan fingerprint density at radius 1 is 1.28 bits per heavy atom. The summed E-state index contributed by atoms with van der Waals surface area (Å²) in [6.45, 7) is 5.47. The van der Waals surface area contributed by atoms with E-state index in [4.69, 9.17) is 4.74 Å². The number of aryl methyl sites for hydroxylation is 2. The monoisotopic (exact) mass is 340 g/mol. The zero-order chi connectivity index (χ0) is 17.6. The summed E-state index contributed by atoms with van der Waals surface area (Å²) in [4.78, 5) is 12.1. The van der Waals surface area contributed by atoms with Gasteiger partial charge in [-0.1, -0.05) is 25.1 Å². The molecule has 132 valence electrons. The van der Waals surface area contributed by atoms with E-state index in [0.29, 0.717) is 18.1 Å². The van der Waals surface area contributed by atoms with E-state index in [1.807, 2.05) is 6.07 Å². The van der Waals surface area contributed by atoms with Crippen molar-refractivity contribution in [1.82, 2.24) is 15.5 Å². The number of anilines is 2. The molecule has 0 aliphatic carbocycles. The van der Waals surface area contributed by atoms with E-state index in [9.17, 15) is 4.79 Å². The zero-order valence-electron chi connectivity index (χ0n) is 14.7. The van der Waals surface area contributed by atoms with Gasteiger partial charge in [-0.3, -0.25) is 4.79 Å². The second-order valence-corrected chi connectivity index (χ2v) is 6.24. The van der Waals surface area contributed by atoms with Gasteiger partial charge in [0.15, 0.2) is 11.5 Å². The van der Waals surface area contributed by atoms with Gasteiger partial charge in [0.2, 0.25) is 0 Å². The van der Waals surface area contributed by atoms with Gasteiger partial charge < -0.3 is 15.4 Å². The van der Waals surface area contributed by atoms with Gasteiger partial charge in [0.05, 0.1) is 6.10 Å². The molecule has 1 fully saturated rings. The second-order valence-electron chi connectivity index (χ2n) is 6.24. The summed E-state index contributed by atoms with van der Waals surface area (Å²) in [5.74, 6) is 0.402. The van der Waals surface area contributed by atoms with Gasteiger partial charge in [0.1, 0.15) is 0 Å². The third kappa shape index (κ3) is 4.33. The highest BCUT2D eigenvalue weighted by molar-refractivity contribution is 5.92. The lowest BCUT2D eigenvalue weighted by atomic mass is 10.1. The van der Waals surface area contributed by atoms with Gasteiger partial charge >= 0.3 is 0 Å². The predicted molar refractivity (Wildman–Crippen MR) is 97.2 cm³/mol. The number of aromatic nitrogens is 2. The third-order valence-electron chi connectivity index (χ3n) is 4.40. The Labute approximate surface area is 148 Å². The molecule has 2 aromatic rings. The van der Waals surface area contributed by atoms with Crippen molar-refractivity contribution in [2.75, 3.05) is 18.5 Å². The molecule has 2 N–H and O–H groups in total. The van der Waals surface area contributed by atoms with Crippen molar-refractivity contribution in [2.24, 2.45) is 0 Å². The minimum absolute atomic E-state index is 0.117. The van der Waals surface area contributed by atoms with Gasteiger partial charge in [-0.2, -0.15) is 0 Å². The van der Waals surface area contributed by atoms with Crippen LogP contribution in [0.3, 0.4) is 0 Å². The third-order valence-corrected chi connectivity index (χ3v) is 4.40. The SMILES string of the molecule is CCc1cccc(C)c1Nc1ccc(C(=O)NCC2CCCO2)nn1. The fraction of sp³-hybridized carbons (Fsp3) is 0.421. The highest BCUT2D eigenvalue weighted by atomic mass is 16.5. The Morgan fingerprint density at radius 3 is 2.84 bits per heavy atom. The molecule has 1 saturated heterocycles. The van der Waals surface area contributed by atoms with Gasteiger partial charge in [-0.25, -0.2) is 0 Å². The van der Waals surface area contributed by atoms with Crippen molar-refractivity contribution in [3.63, 3.8) is 0 Å². The van der Waals surface area contributed by atoms with E-state index in [-0.39, 0.29) is 12.0 Å². The molecule has 0 saturated carbocycles. The predicted octanol–water partition coefficient (Wildman–Crippen LogP) is 3.00. The largest absolute Gasteiger partial charge is 0.376 e. The van der Waals surface area contributed by atoms with Crippen LogP contribution in [0.15, 0.2) is 30.3 Å². The Kier molecular flexibility index (Phi) is 5.60. The second kappa shape index (κ2) is 8.07. The fourth-order valence-electron chi connectivity index (χ4n) is 2.95. The molecule has 2 heterocycles. The summed E-state index contributed by atoms with van der Waals surface area (Å²) in [5.41, 5.74) is 3.73. The molecule has 1 aliphatic heterocycles. The van der Waals surface area contributed by atoms with Crippen LogP contribution < -0.4 is 10.6 Å². The van der Waals surface area contributed by atoms with E-state index >= 15 is 0 Å². The lowest BCUT2D eigenvalue weighted by Crippen LogP contribution is -2.32. The highest BCUT2D eigenvalue weighted by Gasteiger charge is 2.17. The average molecular weight is 340 g/mol. The first-order valence-corrected chi connectivity index (χ1v) is 8.76. The fourth-order valence-corrected chi connectivity index (χ4v) is 2.95. The summed E-state index contributed by atoms with van der Waals surface area (Å²) in [6.07, 6.45) is 3.09. The summed E-state index contributed by atoms with van der Waals surface area (Å²) >= 11 is 0. The number of hydrogen-bond acceptors (Lipinski definition) is 5. The van der Waals surface area contributed by atoms with E-state index in [1.54, 1.807) is 12.1 Å². The molecular formula is C19H24N4O2. The van der Waals surface area contributed by atoms with Gasteiger partial charge in [0, 0.05) is 18.8 Å². The maximum Gasteiger partial charge on any atom is 0.271 e. The Bertz CT molecular complexity index is 725. The van der Waals surface area contributed by atoms with Gasteiger partial charge in [0.25, 0.3) is 5.91 Å². The van der Waals surface area contributed by atoms with Crippen LogP contribution in [0, 0.1) is 6.92 Å². The van der Waals surface area contributed by atoms with E-state index in [0.717, 1.165) is 37.1 Å². The number of nitrogens with zero attached hydrogens (tertiary/aromatic N) is 2. The molecule has 3 rings (SSSR count). The maximum absolute atomic E-state index is 12.1. The minimum Gasteiger partial charge on any atom is -0.376 e. The first-order valence-electron chi connectivity index (χ1n) is 8.76. The van der Waals surface area contributed by atoms with E-state index in [1.165, 1.54) is 5.56 Å². The van der Waals surface area contributed by atoms with Crippen LogP contribution in [0.4, 0.5) is 11.5 Å². The molecule has 1 unspecified atom stereocenters. The van der Waals surface area contributed by atoms with Crippen molar-refractivity contribution < 1.29 is 9.53 Å². The normalized spacial score (nSPS) is 16.6. The zero-order valence-corrected chi connectivity index (χ0v) is 14.7. The number of nitrogens with one attached hydrogen (secondary N) is 2. The van der Waals surface area contributed by atoms with Crippen LogP contribution in [0.2, 0.25) is 0 Å². The molecular weight excluding hydrogens is 316 g/mol. The molecule has 1 amide bonds. The number of carbonyl (C=O) groups excluding carboxylic acids is 1. The smallest absolute Gasteiger partial charge is 0.271 e. The number of ether oxygens (including phenoxy) is 1. The topological polar surface area (TPSA) is 76.1 Å².